The summed E-state index contributed by atoms with van der Waals surface area (Å²) in [5.74, 6) is 0.202. The van der Waals surface area contributed by atoms with E-state index in [0.29, 0.717) is 23.6 Å². The zero-order valence-electron chi connectivity index (χ0n) is 15.7. The van der Waals surface area contributed by atoms with E-state index < -0.39 is 0 Å². The molecule has 1 saturated carbocycles. The monoisotopic (exact) mass is 373 g/mol. The van der Waals surface area contributed by atoms with Crippen LogP contribution in [0.2, 0.25) is 0 Å². The zero-order chi connectivity index (χ0) is 17.7. The van der Waals surface area contributed by atoms with Gasteiger partial charge in [-0.3, -0.25) is 4.90 Å². The fourth-order valence-corrected chi connectivity index (χ4v) is 7.19. The van der Waals surface area contributed by atoms with Gasteiger partial charge in [0.2, 0.25) is 0 Å². The van der Waals surface area contributed by atoms with Crippen LogP contribution in [-0.4, -0.2) is 53.3 Å². The van der Waals surface area contributed by atoms with Crippen LogP contribution in [0.1, 0.15) is 56.9 Å². The summed E-state index contributed by atoms with van der Waals surface area (Å²) in [7, 11) is 0. The molecule has 4 atom stereocenters. The quantitative estimate of drug-likeness (QED) is 0.847. The fourth-order valence-electron chi connectivity index (χ4n) is 5.61. The molecule has 4 nitrogen and oxygen atoms in total. The summed E-state index contributed by atoms with van der Waals surface area (Å²) in [6, 6.07) is 8.77. The first-order chi connectivity index (χ1) is 12.8. The molecule has 2 N–H and O–H groups in total. The van der Waals surface area contributed by atoms with Crippen molar-refractivity contribution in [1.29, 1.82) is 0 Å². The Hall–Kier alpha value is -0.750. The molecule has 26 heavy (non-hydrogen) atoms. The van der Waals surface area contributed by atoms with Crippen LogP contribution >= 0.6 is 11.8 Å². The van der Waals surface area contributed by atoms with Crippen molar-refractivity contribution in [3.05, 3.63) is 23.8 Å². The van der Waals surface area contributed by atoms with Crippen molar-refractivity contribution in [1.82, 2.24) is 10.2 Å². The average molecular weight is 374 g/mol. The van der Waals surface area contributed by atoms with Gasteiger partial charge in [-0.05, 0) is 37.3 Å². The molecule has 1 aliphatic carbocycles. The van der Waals surface area contributed by atoms with E-state index in [1.54, 1.807) is 0 Å². The van der Waals surface area contributed by atoms with E-state index in [9.17, 15) is 5.11 Å². The van der Waals surface area contributed by atoms with E-state index in [2.05, 4.69) is 52.0 Å². The molecule has 2 bridgehead atoms. The van der Waals surface area contributed by atoms with Crippen LogP contribution in [0.3, 0.4) is 0 Å². The molecule has 0 aromatic heterocycles. The lowest BCUT2D eigenvalue weighted by Crippen LogP contribution is -2.60. The molecule has 1 aromatic rings. The molecular weight excluding hydrogens is 342 g/mol. The summed E-state index contributed by atoms with van der Waals surface area (Å²) in [4.78, 5) is 7.05. The van der Waals surface area contributed by atoms with Gasteiger partial charge in [-0.2, -0.15) is 0 Å². The Morgan fingerprint density at radius 2 is 1.85 bits per heavy atom. The van der Waals surface area contributed by atoms with Crippen LogP contribution in [0.5, 0.6) is 0 Å². The summed E-state index contributed by atoms with van der Waals surface area (Å²) in [5, 5.41) is 13.5. The number of hydrogen-bond donors (Lipinski definition) is 2. The molecule has 142 valence electrons. The number of anilines is 1. The highest BCUT2D eigenvalue weighted by molar-refractivity contribution is 8.00. The number of nitrogens with one attached hydrogen (secondary N) is 1. The number of aliphatic hydroxyl groups excluding tert-OH is 1. The van der Waals surface area contributed by atoms with Gasteiger partial charge >= 0.3 is 0 Å². The molecule has 5 rings (SSSR count). The number of thioether (sulfide) groups is 1. The van der Waals surface area contributed by atoms with Crippen molar-refractivity contribution >= 4 is 17.4 Å². The van der Waals surface area contributed by atoms with E-state index in [1.165, 1.54) is 54.7 Å². The molecule has 0 spiro atoms. The van der Waals surface area contributed by atoms with E-state index >= 15 is 0 Å². The number of aliphatic hydroxyl groups is 1. The summed E-state index contributed by atoms with van der Waals surface area (Å²) < 4.78 is 0. The minimum atomic E-state index is 0.202. The van der Waals surface area contributed by atoms with Crippen LogP contribution in [0, 0.1) is 0 Å². The second-order valence-electron chi connectivity index (χ2n) is 8.56. The number of hydrogen-bond acceptors (Lipinski definition) is 5. The normalized spacial score (nSPS) is 33.0. The minimum absolute atomic E-state index is 0.202. The Morgan fingerprint density at radius 1 is 1.12 bits per heavy atom. The smallest absolute Gasteiger partial charge is 0.136 e. The Balaban J connectivity index is 1.56. The lowest BCUT2D eigenvalue weighted by Gasteiger charge is -2.45. The molecule has 2 saturated heterocycles. The molecule has 0 radical (unpaired) electrons. The van der Waals surface area contributed by atoms with Crippen LogP contribution in [0.15, 0.2) is 23.1 Å². The van der Waals surface area contributed by atoms with Crippen molar-refractivity contribution in [2.45, 2.75) is 79.9 Å². The topological polar surface area (TPSA) is 38.7 Å². The number of benzene rings is 1. The standard InChI is InChI=1S/C21H31N3OS/c1-14(13-25)18-7-4-8-19-20(18)24(15-5-2-3-6-15)21(26-19)23-16-9-10-17(23)12-22-11-16/h4,7-8,14-17,21-22,25H,2-3,5-6,9-13H2,1H3. The van der Waals surface area contributed by atoms with Gasteiger partial charge in [-0.25, -0.2) is 0 Å². The minimum Gasteiger partial charge on any atom is -0.396 e. The molecule has 1 aromatic carbocycles. The van der Waals surface area contributed by atoms with Crippen LogP contribution in [0.4, 0.5) is 5.69 Å². The maximum Gasteiger partial charge on any atom is 0.136 e. The van der Waals surface area contributed by atoms with Crippen molar-refractivity contribution in [3.8, 4) is 0 Å². The summed E-state index contributed by atoms with van der Waals surface area (Å²) in [6.45, 7) is 4.67. The van der Waals surface area contributed by atoms with Gasteiger partial charge in [-0.15, -0.1) is 0 Å². The first-order valence-electron chi connectivity index (χ1n) is 10.4. The molecule has 0 amide bonds. The van der Waals surface area contributed by atoms with Gasteiger partial charge in [0.1, 0.15) is 5.50 Å². The second-order valence-corrected chi connectivity index (χ2v) is 9.65. The molecule has 5 heteroatoms. The van der Waals surface area contributed by atoms with Crippen molar-refractivity contribution in [3.63, 3.8) is 0 Å². The van der Waals surface area contributed by atoms with E-state index in [0.717, 1.165) is 13.1 Å². The highest BCUT2D eigenvalue weighted by Crippen LogP contribution is 2.52. The predicted molar refractivity (Wildman–Crippen MR) is 108 cm³/mol. The lowest BCUT2D eigenvalue weighted by molar-refractivity contribution is 0.134. The fraction of sp³-hybridized carbons (Fsp3) is 0.714. The number of rotatable bonds is 4. The number of nitrogens with zero attached hydrogens (tertiary/aromatic N) is 2. The van der Waals surface area contributed by atoms with E-state index in [1.807, 2.05) is 0 Å². The maximum atomic E-state index is 9.84. The van der Waals surface area contributed by atoms with Gasteiger partial charge in [-0.1, -0.05) is 43.7 Å². The van der Waals surface area contributed by atoms with E-state index in [-0.39, 0.29) is 12.5 Å². The number of para-hydroxylation sites is 1. The third kappa shape index (κ3) is 2.70. The lowest BCUT2D eigenvalue weighted by atomic mass is 9.98. The highest BCUT2D eigenvalue weighted by atomic mass is 32.2. The van der Waals surface area contributed by atoms with Gasteiger partial charge < -0.3 is 15.3 Å². The van der Waals surface area contributed by atoms with Crippen molar-refractivity contribution < 1.29 is 5.11 Å². The first-order valence-corrected chi connectivity index (χ1v) is 11.3. The molecule has 3 aliphatic heterocycles. The Morgan fingerprint density at radius 3 is 2.54 bits per heavy atom. The Labute approximate surface area is 161 Å². The van der Waals surface area contributed by atoms with E-state index in [4.69, 9.17) is 0 Å². The first kappa shape index (κ1) is 17.4. The Kier molecular flexibility index (Phi) is 4.68. The maximum absolute atomic E-state index is 9.84. The molecule has 3 heterocycles. The highest BCUT2D eigenvalue weighted by Gasteiger charge is 2.48. The summed E-state index contributed by atoms with van der Waals surface area (Å²) >= 11 is 2.07. The molecule has 4 unspecified atom stereocenters. The summed E-state index contributed by atoms with van der Waals surface area (Å²) in [5.41, 5.74) is 3.23. The largest absolute Gasteiger partial charge is 0.396 e. The van der Waals surface area contributed by atoms with Crippen LogP contribution in [0.25, 0.3) is 0 Å². The third-order valence-electron chi connectivity index (χ3n) is 6.97. The third-order valence-corrected chi connectivity index (χ3v) is 8.24. The average Bonchev–Trinajstić information content (AvgIpc) is 3.36. The van der Waals surface area contributed by atoms with Crippen LogP contribution < -0.4 is 10.2 Å². The molecular formula is C21H31N3OS. The van der Waals surface area contributed by atoms with Crippen LogP contribution in [-0.2, 0) is 0 Å². The van der Waals surface area contributed by atoms with Crippen molar-refractivity contribution in [2.24, 2.45) is 0 Å². The number of fused-ring (bicyclic) bond motifs is 3. The van der Waals surface area contributed by atoms with Gasteiger partial charge in [0.25, 0.3) is 0 Å². The second kappa shape index (κ2) is 7.01. The van der Waals surface area contributed by atoms with Gasteiger partial charge in [0.15, 0.2) is 0 Å². The SMILES string of the molecule is CC(CO)c1cccc2c1N(C1CCCC1)C(N1C3CCC1CNC3)S2. The Bertz CT molecular complexity index is 647. The zero-order valence-corrected chi connectivity index (χ0v) is 16.5. The van der Waals surface area contributed by atoms with Gasteiger partial charge in [0.05, 0.1) is 5.69 Å². The van der Waals surface area contributed by atoms with Gasteiger partial charge in [0, 0.05) is 48.6 Å². The summed E-state index contributed by atoms with van der Waals surface area (Å²) in [6.07, 6.45) is 8.03. The molecule has 3 fully saturated rings. The van der Waals surface area contributed by atoms with Crippen molar-refractivity contribution in [2.75, 3.05) is 24.6 Å². The number of piperazine rings is 1. The molecule has 4 aliphatic rings. The predicted octanol–water partition coefficient (Wildman–Crippen LogP) is 3.36.